The maximum absolute atomic E-state index is 13.7. The van der Waals surface area contributed by atoms with E-state index >= 15 is 0 Å². The van der Waals surface area contributed by atoms with Gasteiger partial charge in [-0.15, -0.1) is 11.3 Å². The van der Waals surface area contributed by atoms with Crippen molar-refractivity contribution in [3.8, 4) is 11.3 Å². The van der Waals surface area contributed by atoms with Crippen LogP contribution >= 0.6 is 11.3 Å². The molecule has 0 aliphatic heterocycles. The number of halogens is 3. The summed E-state index contributed by atoms with van der Waals surface area (Å²) in [5, 5.41) is 0. The average molecular weight is 436 g/mol. The van der Waals surface area contributed by atoms with Crippen LogP contribution in [0, 0.1) is 26.2 Å². The fourth-order valence-electron chi connectivity index (χ4n) is 3.91. The molecule has 2 nitrogen and oxygen atoms in total. The van der Waals surface area contributed by atoms with Crippen LogP contribution < -0.4 is 4.57 Å². The SMILES string of the molecule is CCCc1sc2c(-c3cc(C)cc(C)c3C)[n+](C)cnc2c1CC(C)(C)C(F)(F)F. The third kappa shape index (κ3) is 3.98. The summed E-state index contributed by atoms with van der Waals surface area (Å²) in [6.07, 6.45) is -0.939. The van der Waals surface area contributed by atoms with Crippen LogP contribution in [-0.2, 0) is 19.9 Å². The lowest BCUT2D eigenvalue weighted by atomic mass is 9.84. The number of fused-ring (bicyclic) bond motifs is 1. The molecule has 0 fully saturated rings. The van der Waals surface area contributed by atoms with E-state index in [9.17, 15) is 13.2 Å². The van der Waals surface area contributed by atoms with Crippen molar-refractivity contribution in [3.05, 3.63) is 45.6 Å². The van der Waals surface area contributed by atoms with E-state index in [0.717, 1.165) is 39.2 Å². The van der Waals surface area contributed by atoms with Gasteiger partial charge in [0.05, 0.1) is 12.5 Å². The minimum absolute atomic E-state index is 0.0577. The van der Waals surface area contributed by atoms with Gasteiger partial charge in [-0.25, -0.2) is 4.57 Å². The van der Waals surface area contributed by atoms with Crippen LogP contribution in [0.3, 0.4) is 0 Å². The summed E-state index contributed by atoms with van der Waals surface area (Å²) in [4.78, 5) is 5.64. The summed E-state index contributed by atoms with van der Waals surface area (Å²) in [7, 11) is 1.96. The molecular weight excluding hydrogens is 405 g/mol. The molecule has 0 spiro atoms. The summed E-state index contributed by atoms with van der Waals surface area (Å²) >= 11 is 1.61. The largest absolute Gasteiger partial charge is 0.394 e. The minimum atomic E-state index is -4.27. The Morgan fingerprint density at radius 2 is 1.77 bits per heavy atom. The Hall–Kier alpha value is -1.95. The van der Waals surface area contributed by atoms with Crippen LogP contribution in [0.2, 0.25) is 0 Å². The smallest absolute Gasteiger partial charge is 0.231 e. The molecule has 0 aliphatic carbocycles. The second-order valence-corrected chi connectivity index (χ2v) is 10.1. The first kappa shape index (κ1) is 22.7. The third-order valence-corrected chi connectivity index (χ3v) is 7.21. The fourth-order valence-corrected chi connectivity index (χ4v) is 5.38. The van der Waals surface area contributed by atoms with Crippen LogP contribution in [-0.4, -0.2) is 11.2 Å². The van der Waals surface area contributed by atoms with Gasteiger partial charge in [-0.05, 0) is 55.8 Å². The van der Waals surface area contributed by atoms with Crippen molar-refractivity contribution in [3.63, 3.8) is 0 Å². The number of thiophene rings is 1. The summed E-state index contributed by atoms with van der Waals surface area (Å²) in [5.74, 6) is 0. The normalized spacial score (nSPS) is 12.7. The minimum Gasteiger partial charge on any atom is -0.231 e. The van der Waals surface area contributed by atoms with Crippen molar-refractivity contribution in [2.24, 2.45) is 12.5 Å². The van der Waals surface area contributed by atoms with Gasteiger partial charge in [0, 0.05) is 16.0 Å². The summed E-state index contributed by atoms with van der Waals surface area (Å²) in [6.45, 7) is 10.9. The van der Waals surface area contributed by atoms with E-state index in [-0.39, 0.29) is 6.42 Å². The second-order valence-electron chi connectivity index (χ2n) is 8.95. The predicted octanol–water partition coefficient (Wildman–Crippen LogP) is 6.80. The predicted molar refractivity (Wildman–Crippen MR) is 118 cm³/mol. The lowest BCUT2D eigenvalue weighted by Gasteiger charge is -2.27. The van der Waals surface area contributed by atoms with Gasteiger partial charge in [-0.1, -0.05) is 38.8 Å². The topological polar surface area (TPSA) is 16.8 Å². The van der Waals surface area contributed by atoms with Crippen molar-refractivity contribution >= 4 is 21.6 Å². The molecule has 2 heterocycles. The van der Waals surface area contributed by atoms with Crippen LogP contribution in [0.1, 0.15) is 54.3 Å². The zero-order valence-corrected chi connectivity index (χ0v) is 19.6. The molecule has 3 aromatic rings. The van der Waals surface area contributed by atoms with Crippen LogP contribution in [0.5, 0.6) is 0 Å². The van der Waals surface area contributed by atoms with E-state index in [1.165, 1.54) is 30.5 Å². The van der Waals surface area contributed by atoms with Gasteiger partial charge >= 0.3 is 6.18 Å². The Labute approximate surface area is 180 Å². The van der Waals surface area contributed by atoms with Crippen molar-refractivity contribution in [1.82, 2.24) is 4.98 Å². The van der Waals surface area contributed by atoms with E-state index < -0.39 is 11.6 Å². The Kier molecular flexibility index (Phi) is 6.02. The van der Waals surface area contributed by atoms with Gasteiger partial charge in [0.25, 0.3) is 6.33 Å². The first-order chi connectivity index (χ1) is 13.9. The molecule has 6 heteroatoms. The highest BCUT2D eigenvalue weighted by Crippen LogP contribution is 2.45. The first-order valence-corrected chi connectivity index (χ1v) is 11.1. The van der Waals surface area contributed by atoms with Crippen molar-refractivity contribution in [2.45, 2.75) is 67.0 Å². The van der Waals surface area contributed by atoms with Crippen molar-refractivity contribution in [1.29, 1.82) is 0 Å². The molecule has 0 saturated carbocycles. The molecule has 0 unspecified atom stereocenters. The van der Waals surface area contributed by atoms with Crippen molar-refractivity contribution < 1.29 is 17.7 Å². The Morgan fingerprint density at radius 1 is 1.10 bits per heavy atom. The summed E-state index contributed by atoms with van der Waals surface area (Å²) < 4.78 is 44.0. The van der Waals surface area contributed by atoms with Crippen LogP contribution in [0.4, 0.5) is 13.2 Å². The van der Waals surface area contributed by atoms with Crippen LogP contribution in [0.15, 0.2) is 18.5 Å². The molecule has 162 valence electrons. The Balaban J connectivity index is 2.32. The third-order valence-electron chi connectivity index (χ3n) is 5.92. The van der Waals surface area contributed by atoms with Gasteiger partial charge in [0.1, 0.15) is 4.70 Å². The summed E-state index contributed by atoms with van der Waals surface area (Å²) in [6, 6.07) is 4.32. The highest BCUT2D eigenvalue weighted by molar-refractivity contribution is 7.19. The van der Waals surface area contributed by atoms with Crippen LogP contribution in [0.25, 0.3) is 21.5 Å². The fraction of sp³-hybridized carbons (Fsp3) is 0.500. The maximum Gasteiger partial charge on any atom is 0.394 e. The molecule has 30 heavy (non-hydrogen) atoms. The van der Waals surface area contributed by atoms with Gasteiger partial charge in [-0.2, -0.15) is 13.2 Å². The van der Waals surface area contributed by atoms with Gasteiger partial charge in [-0.3, -0.25) is 0 Å². The van der Waals surface area contributed by atoms with E-state index in [1.807, 2.05) is 11.6 Å². The maximum atomic E-state index is 13.7. The number of aromatic nitrogens is 2. The molecule has 3 rings (SSSR count). The lowest BCUT2D eigenvalue weighted by molar-refractivity contribution is -0.662. The van der Waals surface area contributed by atoms with E-state index in [1.54, 1.807) is 17.7 Å². The first-order valence-electron chi connectivity index (χ1n) is 10.3. The highest BCUT2D eigenvalue weighted by atomic mass is 32.1. The molecule has 0 aliphatic rings. The molecule has 2 aromatic heterocycles. The lowest BCUT2D eigenvalue weighted by Crippen LogP contribution is -2.34. The number of aryl methyl sites for hydroxylation is 4. The zero-order valence-electron chi connectivity index (χ0n) is 18.8. The molecule has 0 radical (unpaired) electrons. The molecule has 1 aromatic carbocycles. The molecule has 0 bridgehead atoms. The summed E-state index contributed by atoms with van der Waals surface area (Å²) in [5.41, 5.74) is 5.37. The van der Waals surface area contributed by atoms with Crippen molar-refractivity contribution in [2.75, 3.05) is 0 Å². The molecule has 0 saturated heterocycles. The number of hydrogen-bond donors (Lipinski definition) is 0. The Bertz CT molecular complexity index is 1090. The molecule has 0 amide bonds. The average Bonchev–Trinajstić information content (AvgIpc) is 2.94. The molecule has 0 N–H and O–H groups in total. The van der Waals surface area contributed by atoms with Gasteiger partial charge in [0.2, 0.25) is 5.52 Å². The highest BCUT2D eigenvalue weighted by Gasteiger charge is 2.48. The van der Waals surface area contributed by atoms with Gasteiger partial charge in [0.15, 0.2) is 5.69 Å². The molecule has 0 atom stereocenters. The monoisotopic (exact) mass is 435 g/mol. The number of nitrogens with zero attached hydrogens (tertiary/aromatic N) is 2. The number of benzene rings is 1. The quantitative estimate of drug-likeness (QED) is 0.403. The second kappa shape index (κ2) is 7.95. The molecular formula is C24H30F3N2S+. The Morgan fingerprint density at radius 3 is 2.37 bits per heavy atom. The van der Waals surface area contributed by atoms with E-state index in [2.05, 4.69) is 44.8 Å². The van der Waals surface area contributed by atoms with E-state index in [0.29, 0.717) is 5.52 Å². The number of rotatable bonds is 5. The zero-order chi connectivity index (χ0) is 22.4. The number of alkyl halides is 3. The number of hydrogen-bond acceptors (Lipinski definition) is 2. The van der Waals surface area contributed by atoms with E-state index in [4.69, 9.17) is 0 Å². The standard InChI is InChI=1S/C24H30F3N2S/c1-8-9-19-18(12-23(5,6)24(25,26)27)20-22(30-19)21(29(7)13-28-20)17-11-14(2)10-15(3)16(17)4/h10-11,13H,8-9,12H2,1-7H3/q+1. The van der Waals surface area contributed by atoms with Gasteiger partial charge < -0.3 is 0 Å².